The first-order valence-electron chi connectivity index (χ1n) is 6.11. The number of aromatic nitrogens is 2. The third-order valence-corrected chi connectivity index (χ3v) is 3.31. The van der Waals surface area contributed by atoms with E-state index in [0.717, 1.165) is 31.6 Å². The van der Waals surface area contributed by atoms with Gasteiger partial charge in [-0.1, -0.05) is 0 Å². The van der Waals surface area contributed by atoms with Crippen LogP contribution in [0.25, 0.3) is 0 Å². The predicted octanol–water partition coefficient (Wildman–Crippen LogP) is 1.46. The fourth-order valence-corrected chi connectivity index (χ4v) is 2.24. The van der Waals surface area contributed by atoms with Crippen LogP contribution in [0.1, 0.15) is 31.2 Å². The van der Waals surface area contributed by atoms with Crippen molar-refractivity contribution in [1.29, 1.82) is 5.26 Å². The first kappa shape index (κ1) is 12.5. The lowest BCUT2D eigenvalue weighted by Crippen LogP contribution is -2.37. The van der Waals surface area contributed by atoms with Gasteiger partial charge in [-0.05, 0) is 32.8 Å². The van der Waals surface area contributed by atoms with E-state index in [1.807, 2.05) is 17.9 Å². The zero-order valence-corrected chi connectivity index (χ0v) is 10.7. The van der Waals surface area contributed by atoms with Crippen molar-refractivity contribution in [2.24, 2.45) is 5.92 Å². The van der Waals surface area contributed by atoms with Gasteiger partial charge in [0.2, 0.25) is 5.95 Å². The summed E-state index contributed by atoms with van der Waals surface area (Å²) in [6, 6.07) is 3.71. The summed E-state index contributed by atoms with van der Waals surface area (Å²) >= 11 is 0. The second-order valence-corrected chi connectivity index (χ2v) is 4.68. The SMILES string of the molecule is CC(=O)C1CCN(c2nc(C)cc(C#N)n2)CC1. The Balaban J connectivity index is 2.12. The number of rotatable bonds is 2. The molecule has 18 heavy (non-hydrogen) atoms. The largest absolute Gasteiger partial charge is 0.341 e. The number of piperidine rings is 1. The minimum atomic E-state index is 0.168. The highest BCUT2D eigenvalue weighted by Crippen LogP contribution is 2.21. The van der Waals surface area contributed by atoms with Gasteiger partial charge in [0.15, 0.2) is 0 Å². The molecule has 0 bridgehead atoms. The molecule has 5 nitrogen and oxygen atoms in total. The molecule has 0 aliphatic carbocycles. The van der Waals surface area contributed by atoms with E-state index in [4.69, 9.17) is 5.26 Å². The maximum absolute atomic E-state index is 11.3. The third-order valence-electron chi connectivity index (χ3n) is 3.31. The molecule has 1 saturated heterocycles. The Morgan fingerprint density at radius 2 is 2.11 bits per heavy atom. The zero-order valence-electron chi connectivity index (χ0n) is 10.7. The molecule has 0 atom stereocenters. The Morgan fingerprint density at radius 1 is 1.44 bits per heavy atom. The highest BCUT2D eigenvalue weighted by Gasteiger charge is 2.23. The number of carbonyl (C=O) groups excluding carboxylic acids is 1. The standard InChI is InChI=1S/C13H16N4O/c1-9-7-12(8-14)16-13(15-9)17-5-3-11(4-6-17)10(2)18/h7,11H,3-6H2,1-2H3. The molecule has 1 fully saturated rings. The summed E-state index contributed by atoms with van der Waals surface area (Å²) in [4.78, 5) is 21.9. The number of ketones is 1. The van der Waals surface area contributed by atoms with Crippen LogP contribution < -0.4 is 4.90 Å². The van der Waals surface area contributed by atoms with Gasteiger partial charge in [0, 0.05) is 24.7 Å². The lowest BCUT2D eigenvalue weighted by atomic mass is 9.93. The number of Topliss-reactive ketones (excluding diaryl/α,β-unsaturated/α-hetero) is 1. The molecule has 1 aromatic rings. The summed E-state index contributed by atoms with van der Waals surface area (Å²) in [6.07, 6.45) is 1.68. The average molecular weight is 244 g/mol. The van der Waals surface area contributed by atoms with Crippen LogP contribution in [-0.4, -0.2) is 28.8 Å². The normalized spacial score (nSPS) is 16.4. The van der Waals surface area contributed by atoms with Crippen LogP contribution in [0.5, 0.6) is 0 Å². The molecule has 5 heteroatoms. The van der Waals surface area contributed by atoms with Crippen LogP contribution in [-0.2, 0) is 4.79 Å². The van der Waals surface area contributed by atoms with Crippen molar-refractivity contribution >= 4 is 11.7 Å². The van der Waals surface area contributed by atoms with E-state index in [1.54, 1.807) is 13.0 Å². The van der Waals surface area contributed by atoms with Gasteiger partial charge in [-0.15, -0.1) is 0 Å². The van der Waals surface area contributed by atoms with Crippen molar-refractivity contribution in [3.63, 3.8) is 0 Å². The van der Waals surface area contributed by atoms with Crippen molar-refractivity contribution in [1.82, 2.24) is 9.97 Å². The maximum Gasteiger partial charge on any atom is 0.226 e. The zero-order chi connectivity index (χ0) is 13.1. The molecular formula is C13H16N4O. The van der Waals surface area contributed by atoms with Crippen molar-refractivity contribution in [3.8, 4) is 6.07 Å². The molecule has 0 unspecified atom stereocenters. The Kier molecular flexibility index (Phi) is 3.56. The van der Waals surface area contributed by atoms with Gasteiger partial charge in [0.1, 0.15) is 17.5 Å². The van der Waals surface area contributed by atoms with Crippen molar-refractivity contribution in [2.75, 3.05) is 18.0 Å². The molecular weight excluding hydrogens is 228 g/mol. The Morgan fingerprint density at radius 3 is 2.67 bits per heavy atom. The molecule has 0 amide bonds. The molecule has 94 valence electrons. The van der Waals surface area contributed by atoms with E-state index in [9.17, 15) is 4.79 Å². The molecule has 1 aliphatic heterocycles. The topological polar surface area (TPSA) is 69.9 Å². The van der Waals surface area contributed by atoms with E-state index in [2.05, 4.69) is 9.97 Å². The number of hydrogen-bond acceptors (Lipinski definition) is 5. The van der Waals surface area contributed by atoms with Crippen LogP contribution in [0.3, 0.4) is 0 Å². The third kappa shape index (κ3) is 2.65. The Bertz CT molecular complexity index is 498. The monoisotopic (exact) mass is 244 g/mol. The Labute approximate surface area is 106 Å². The van der Waals surface area contributed by atoms with Gasteiger partial charge in [-0.25, -0.2) is 9.97 Å². The summed E-state index contributed by atoms with van der Waals surface area (Å²) in [5.74, 6) is 1.03. The first-order chi connectivity index (χ1) is 8.60. The second kappa shape index (κ2) is 5.13. The van der Waals surface area contributed by atoms with E-state index < -0.39 is 0 Å². The molecule has 0 saturated carbocycles. The van der Waals surface area contributed by atoms with E-state index in [-0.39, 0.29) is 11.7 Å². The molecule has 1 aromatic heterocycles. The molecule has 0 radical (unpaired) electrons. The van der Waals surface area contributed by atoms with Crippen LogP contribution in [0.4, 0.5) is 5.95 Å². The van der Waals surface area contributed by atoms with Gasteiger partial charge >= 0.3 is 0 Å². The number of aryl methyl sites for hydroxylation is 1. The summed E-state index contributed by atoms with van der Waals surface area (Å²) < 4.78 is 0. The van der Waals surface area contributed by atoms with Crippen LogP contribution in [0, 0.1) is 24.2 Å². The van der Waals surface area contributed by atoms with Gasteiger partial charge in [-0.2, -0.15) is 5.26 Å². The van der Waals surface area contributed by atoms with Crippen molar-refractivity contribution in [3.05, 3.63) is 17.5 Å². The van der Waals surface area contributed by atoms with Crippen molar-refractivity contribution < 1.29 is 4.79 Å². The van der Waals surface area contributed by atoms with E-state index in [0.29, 0.717) is 11.6 Å². The average Bonchev–Trinajstić information content (AvgIpc) is 2.38. The summed E-state index contributed by atoms with van der Waals surface area (Å²) in [5.41, 5.74) is 1.19. The second-order valence-electron chi connectivity index (χ2n) is 4.68. The lowest BCUT2D eigenvalue weighted by molar-refractivity contribution is -0.121. The number of nitrogens with zero attached hydrogens (tertiary/aromatic N) is 4. The molecule has 1 aliphatic rings. The van der Waals surface area contributed by atoms with E-state index in [1.165, 1.54) is 0 Å². The number of hydrogen-bond donors (Lipinski definition) is 0. The van der Waals surface area contributed by atoms with Crippen molar-refractivity contribution in [2.45, 2.75) is 26.7 Å². The maximum atomic E-state index is 11.3. The molecule has 0 spiro atoms. The smallest absolute Gasteiger partial charge is 0.226 e. The number of anilines is 1. The minimum Gasteiger partial charge on any atom is -0.341 e. The van der Waals surface area contributed by atoms with Gasteiger partial charge < -0.3 is 4.90 Å². The van der Waals surface area contributed by atoms with Crippen LogP contribution in [0.15, 0.2) is 6.07 Å². The fourth-order valence-electron chi connectivity index (χ4n) is 2.24. The van der Waals surface area contributed by atoms with Gasteiger partial charge in [0.25, 0.3) is 0 Å². The highest BCUT2D eigenvalue weighted by atomic mass is 16.1. The lowest BCUT2D eigenvalue weighted by Gasteiger charge is -2.30. The van der Waals surface area contributed by atoms with Gasteiger partial charge in [-0.3, -0.25) is 4.79 Å². The molecule has 0 aromatic carbocycles. The van der Waals surface area contributed by atoms with Crippen LogP contribution >= 0.6 is 0 Å². The molecule has 0 N–H and O–H groups in total. The number of nitriles is 1. The highest BCUT2D eigenvalue weighted by molar-refractivity contribution is 5.78. The number of carbonyl (C=O) groups is 1. The quantitative estimate of drug-likeness (QED) is 0.787. The van der Waals surface area contributed by atoms with Crippen LogP contribution in [0.2, 0.25) is 0 Å². The summed E-state index contributed by atoms with van der Waals surface area (Å²) in [5, 5.41) is 8.90. The fraction of sp³-hybridized carbons (Fsp3) is 0.538. The molecule has 2 rings (SSSR count). The molecule has 2 heterocycles. The predicted molar refractivity (Wildman–Crippen MR) is 67.1 cm³/mol. The first-order valence-corrected chi connectivity index (χ1v) is 6.11. The summed E-state index contributed by atoms with van der Waals surface area (Å²) in [6.45, 7) is 5.06. The Hall–Kier alpha value is -1.96. The minimum absolute atomic E-state index is 0.168. The van der Waals surface area contributed by atoms with E-state index >= 15 is 0 Å². The van der Waals surface area contributed by atoms with Gasteiger partial charge in [0.05, 0.1) is 0 Å². The summed E-state index contributed by atoms with van der Waals surface area (Å²) in [7, 11) is 0.